The lowest BCUT2D eigenvalue weighted by atomic mass is 9.78. The molecule has 0 N–H and O–H groups in total. The third-order valence-electron chi connectivity index (χ3n) is 5.07. The Morgan fingerprint density at radius 2 is 1.88 bits per heavy atom. The number of carbonyl (C=O) groups excluding carboxylic acids is 2. The lowest BCUT2D eigenvalue weighted by molar-refractivity contribution is -0.209. The molecule has 1 unspecified atom stereocenters. The average Bonchev–Trinajstić information content (AvgIpc) is 3.00. The molecule has 2 saturated heterocycles. The van der Waals surface area contributed by atoms with Gasteiger partial charge in [0.05, 0.1) is 6.10 Å². The van der Waals surface area contributed by atoms with E-state index in [0.29, 0.717) is 19.3 Å². The number of ether oxygens (including phenoxy) is 5. The molecule has 0 amide bonds. The Balaban J connectivity index is 1.93. The summed E-state index contributed by atoms with van der Waals surface area (Å²) in [5, 5.41) is 0. The Kier molecular flexibility index (Phi) is 4.27. The van der Waals surface area contributed by atoms with Gasteiger partial charge in [-0.2, -0.15) is 0 Å². The minimum atomic E-state index is -1.03. The third kappa shape index (κ3) is 2.77. The van der Waals surface area contributed by atoms with Gasteiger partial charge < -0.3 is 23.7 Å². The Labute approximate surface area is 141 Å². The largest absolute Gasteiger partial charge is 0.463 e. The van der Waals surface area contributed by atoms with Crippen LogP contribution in [0.4, 0.5) is 0 Å². The van der Waals surface area contributed by atoms with E-state index >= 15 is 0 Å². The van der Waals surface area contributed by atoms with Crippen LogP contribution in [0.25, 0.3) is 0 Å². The van der Waals surface area contributed by atoms with Crippen molar-refractivity contribution >= 4 is 11.8 Å². The lowest BCUT2D eigenvalue weighted by Gasteiger charge is -2.39. The highest BCUT2D eigenvalue weighted by Gasteiger charge is 2.67. The summed E-state index contributed by atoms with van der Waals surface area (Å²) in [5.74, 6) is -2.31. The second-order valence-electron chi connectivity index (χ2n) is 7.26. The van der Waals surface area contributed by atoms with Crippen LogP contribution in [0.2, 0.25) is 0 Å². The van der Waals surface area contributed by atoms with E-state index in [4.69, 9.17) is 23.7 Å². The zero-order valence-corrected chi connectivity index (χ0v) is 14.9. The number of fused-ring (bicyclic) bond motifs is 2. The van der Waals surface area contributed by atoms with E-state index in [1.54, 1.807) is 13.8 Å². The summed E-state index contributed by atoms with van der Waals surface area (Å²) in [4.78, 5) is 24.3. The normalized spacial score (nSPS) is 39.4. The van der Waals surface area contributed by atoms with Crippen LogP contribution in [-0.4, -0.2) is 53.8 Å². The van der Waals surface area contributed by atoms with Gasteiger partial charge in [0.1, 0.15) is 18.3 Å². The van der Waals surface area contributed by atoms with Crippen molar-refractivity contribution in [1.82, 2.24) is 0 Å². The fraction of sp³-hybridized carbons (Fsp3) is 0.882. The summed E-state index contributed by atoms with van der Waals surface area (Å²) >= 11 is 0. The van der Waals surface area contributed by atoms with Crippen LogP contribution < -0.4 is 0 Å². The fourth-order valence-corrected chi connectivity index (χ4v) is 3.90. The Bertz CT molecular complexity index is 539. The van der Waals surface area contributed by atoms with Gasteiger partial charge in [-0.05, 0) is 26.7 Å². The van der Waals surface area contributed by atoms with E-state index in [2.05, 4.69) is 0 Å². The topological polar surface area (TPSA) is 80.3 Å². The average molecular weight is 342 g/mol. The Morgan fingerprint density at radius 3 is 2.46 bits per heavy atom. The number of carbonyl (C=O) groups is 2. The molecule has 136 valence electrons. The van der Waals surface area contributed by atoms with Gasteiger partial charge in [0.15, 0.2) is 23.5 Å². The highest BCUT2D eigenvalue weighted by atomic mass is 16.8. The standard InChI is InChI=1S/C17H26O7/c1-6-17(7-2)23-14-12(19)13-11(21-15(4,5)22-13)8-16(14,24-17)9-20-10(3)18/h11,13-14H,6-9H2,1-5H3/t11-,13?,14+,16+/m1/s1. The van der Waals surface area contributed by atoms with Crippen LogP contribution in [0.15, 0.2) is 0 Å². The molecule has 3 rings (SSSR count). The lowest BCUT2D eigenvalue weighted by Crippen LogP contribution is -2.60. The van der Waals surface area contributed by atoms with Crippen molar-refractivity contribution in [2.24, 2.45) is 0 Å². The van der Waals surface area contributed by atoms with Crippen molar-refractivity contribution in [2.45, 2.75) is 89.4 Å². The highest BCUT2D eigenvalue weighted by Crippen LogP contribution is 2.50. The number of Topliss-reactive ketones (excluding diaryl/α,β-unsaturated/α-hetero) is 1. The summed E-state index contributed by atoms with van der Waals surface area (Å²) in [5.41, 5.74) is -1.03. The number of rotatable bonds is 4. The summed E-state index contributed by atoms with van der Waals surface area (Å²) < 4.78 is 29.2. The molecule has 7 heteroatoms. The molecule has 2 heterocycles. The minimum Gasteiger partial charge on any atom is -0.463 e. The first-order chi connectivity index (χ1) is 11.2. The van der Waals surface area contributed by atoms with Gasteiger partial charge >= 0.3 is 5.97 Å². The maximum absolute atomic E-state index is 13.0. The fourth-order valence-electron chi connectivity index (χ4n) is 3.90. The van der Waals surface area contributed by atoms with Crippen molar-refractivity contribution in [3.63, 3.8) is 0 Å². The van der Waals surface area contributed by atoms with Gasteiger partial charge in [-0.15, -0.1) is 0 Å². The second kappa shape index (κ2) is 5.76. The van der Waals surface area contributed by atoms with Crippen molar-refractivity contribution < 1.29 is 33.3 Å². The van der Waals surface area contributed by atoms with Crippen LogP contribution in [0.3, 0.4) is 0 Å². The first-order valence-corrected chi connectivity index (χ1v) is 8.56. The molecule has 3 aliphatic rings. The van der Waals surface area contributed by atoms with Gasteiger partial charge in [-0.25, -0.2) is 0 Å². The first-order valence-electron chi connectivity index (χ1n) is 8.56. The molecule has 0 aromatic rings. The molecule has 7 nitrogen and oxygen atoms in total. The number of esters is 1. The van der Waals surface area contributed by atoms with Crippen molar-refractivity contribution in [2.75, 3.05) is 6.61 Å². The van der Waals surface area contributed by atoms with Gasteiger partial charge in [0, 0.05) is 13.3 Å². The van der Waals surface area contributed by atoms with E-state index in [1.165, 1.54) is 6.92 Å². The molecule has 0 aromatic carbocycles. The Morgan fingerprint density at radius 1 is 1.21 bits per heavy atom. The zero-order valence-electron chi connectivity index (χ0n) is 14.9. The SMILES string of the molecule is CCC1(CC)O[C@H]2C(=O)C3OC(C)(C)O[C@@H]3C[C@@]2(COC(C)=O)O1. The second-order valence-corrected chi connectivity index (χ2v) is 7.26. The van der Waals surface area contributed by atoms with Crippen LogP contribution in [0, 0.1) is 0 Å². The smallest absolute Gasteiger partial charge is 0.302 e. The minimum absolute atomic E-state index is 0.0342. The maximum atomic E-state index is 13.0. The van der Waals surface area contributed by atoms with Crippen LogP contribution in [0.5, 0.6) is 0 Å². The van der Waals surface area contributed by atoms with Crippen LogP contribution >= 0.6 is 0 Å². The number of hydrogen-bond acceptors (Lipinski definition) is 7. The third-order valence-corrected chi connectivity index (χ3v) is 5.07. The van der Waals surface area contributed by atoms with Gasteiger partial charge in [-0.3, -0.25) is 9.59 Å². The van der Waals surface area contributed by atoms with E-state index in [-0.39, 0.29) is 12.4 Å². The van der Waals surface area contributed by atoms with Gasteiger partial charge in [-0.1, -0.05) is 13.8 Å². The van der Waals surface area contributed by atoms with Gasteiger partial charge in [0.25, 0.3) is 0 Å². The van der Waals surface area contributed by atoms with Crippen molar-refractivity contribution in [3.05, 3.63) is 0 Å². The molecule has 0 radical (unpaired) electrons. The maximum Gasteiger partial charge on any atom is 0.302 e. The summed E-state index contributed by atoms with van der Waals surface area (Å²) in [7, 11) is 0. The van der Waals surface area contributed by atoms with Gasteiger partial charge in [0.2, 0.25) is 0 Å². The molecule has 0 bridgehead atoms. The monoisotopic (exact) mass is 342 g/mol. The summed E-state index contributed by atoms with van der Waals surface area (Å²) in [6.07, 6.45) is -0.367. The quantitative estimate of drug-likeness (QED) is 0.720. The molecular formula is C17H26O7. The van der Waals surface area contributed by atoms with E-state index < -0.39 is 41.5 Å². The first kappa shape index (κ1) is 17.8. The van der Waals surface area contributed by atoms with Crippen LogP contribution in [0.1, 0.15) is 53.9 Å². The molecule has 4 atom stereocenters. The molecule has 3 fully saturated rings. The summed E-state index contributed by atoms with van der Waals surface area (Å²) in [6.45, 7) is 8.74. The number of ketones is 1. The van der Waals surface area contributed by atoms with E-state index in [9.17, 15) is 9.59 Å². The zero-order chi connectivity index (χ0) is 17.8. The van der Waals surface area contributed by atoms with E-state index in [1.807, 2.05) is 13.8 Å². The predicted molar refractivity (Wildman–Crippen MR) is 82.1 cm³/mol. The summed E-state index contributed by atoms with van der Waals surface area (Å²) in [6, 6.07) is 0. The highest BCUT2D eigenvalue weighted by molar-refractivity contribution is 5.91. The van der Waals surface area contributed by atoms with Crippen molar-refractivity contribution in [1.29, 1.82) is 0 Å². The molecular weight excluding hydrogens is 316 g/mol. The van der Waals surface area contributed by atoms with Crippen molar-refractivity contribution in [3.8, 4) is 0 Å². The molecule has 0 aromatic heterocycles. The Hall–Kier alpha value is -1.02. The molecule has 2 aliphatic heterocycles. The predicted octanol–water partition coefficient (Wildman–Crippen LogP) is 1.71. The molecule has 24 heavy (non-hydrogen) atoms. The van der Waals surface area contributed by atoms with E-state index in [0.717, 1.165) is 0 Å². The molecule has 1 aliphatic carbocycles. The number of hydrogen-bond donors (Lipinski definition) is 0. The molecule has 0 spiro atoms. The van der Waals surface area contributed by atoms with Crippen LogP contribution in [-0.2, 0) is 33.3 Å². The molecule has 1 saturated carbocycles.